The summed E-state index contributed by atoms with van der Waals surface area (Å²) < 4.78 is 27.2. The zero-order valence-electron chi connectivity index (χ0n) is 16.1. The normalized spacial score (nSPS) is 18.8. The van der Waals surface area contributed by atoms with Crippen molar-refractivity contribution in [1.82, 2.24) is 9.73 Å². The van der Waals surface area contributed by atoms with E-state index in [-0.39, 0.29) is 17.3 Å². The molecule has 28 heavy (non-hydrogen) atoms. The third kappa shape index (κ3) is 4.68. The predicted octanol–water partition coefficient (Wildman–Crippen LogP) is 3.39. The Morgan fingerprint density at radius 2 is 2.04 bits per heavy atom. The fourth-order valence-corrected chi connectivity index (χ4v) is 5.51. The number of nitrogens with zero attached hydrogens (tertiary/aromatic N) is 2. The van der Waals surface area contributed by atoms with E-state index in [1.165, 1.54) is 4.31 Å². The maximum atomic E-state index is 12.9. The molecule has 2 aromatic rings. The third-order valence-electron chi connectivity index (χ3n) is 4.86. The highest BCUT2D eigenvalue weighted by atomic mass is 32.2. The van der Waals surface area contributed by atoms with Crippen LogP contribution in [0.3, 0.4) is 0 Å². The van der Waals surface area contributed by atoms with Crippen LogP contribution in [0.15, 0.2) is 51.8 Å². The van der Waals surface area contributed by atoms with Crippen molar-refractivity contribution in [3.8, 4) is 0 Å². The molecular formula is C20H25N3O3S2. The Kier molecular flexibility index (Phi) is 6.64. The summed E-state index contributed by atoms with van der Waals surface area (Å²) in [4.78, 5) is 13.9. The molecule has 1 fully saturated rings. The van der Waals surface area contributed by atoms with Gasteiger partial charge in [0.25, 0.3) is 0 Å². The lowest BCUT2D eigenvalue weighted by molar-refractivity contribution is -0.126. The monoisotopic (exact) mass is 419 g/mol. The van der Waals surface area contributed by atoms with Crippen LogP contribution < -0.4 is 5.43 Å². The molecule has 1 aliphatic rings. The van der Waals surface area contributed by atoms with E-state index in [2.05, 4.69) is 10.5 Å². The first-order chi connectivity index (χ1) is 13.4. The maximum Gasteiger partial charge on any atom is 0.244 e. The summed E-state index contributed by atoms with van der Waals surface area (Å²) in [5.41, 5.74) is 4.47. The number of piperidine rings is 1. The van der Waals surface area contributed by atoms with Gasteiger partial charge in [0.2, 0.25) is 15.9 Å². The zero-order valence-corrected chi connectivity index (χ0v) is 17.7. The minimum Gasteiger partial charge on any atom is -0.273 e. The number of nitrogens with one attached hydrogen (secondary N) is 1. The molecule has 6 nitrogen and oxygen atoms in total. The van der Waals surface area contributed by atoms with Crippen molar-refractivity contribution >= 4 is 33.0 Å². The molecule has 150 valence electrons. The molecule has 1 amide bonds. The van der Waals surface area contributed by atoms with Gasteiger partial charge in [0.15, 0.2) is 0 Å². The predicted molar refractivity (Wildman–Crippen MR) is 112 cm³/mol. The van der Waals surface area contributed by atoms with Gasteiger partial charge in [-0.3, -0.25) is 4.79 Å². The summed E-state index contributed by atoms with van der Waals surface area (Å²) >= 11 is 1.58. The molecule has 1 aromatic carbocycles. The molecule has 0 bridgehead atoms. The number of carbonyl (C=O) groups is 1. The number of carbonyl (C=O) groups excluding carboxylic acids is 1. The lowest BCUT2D eigenvalue weighted by atomic mass is 9.99. The van der Waals surface area contributed by atoms with Crippen molar-refractivity contribution < 1.29 is 13.2 Å². The Bertz CT molecular complexity index is 936. The van der Waals surface area contributed by atoms with E-state index in [9.17, 15) is 13.2 Å². The summed E-state index contributed by atoms with van der Waals surface area (Å²) in [5, 5.41) is 6.24. The van der Waals surface area contributed by atoms with E-state index < -0.39 is 15.9 Å². The second kappa shape index (κ2) is 8.98. The zero-order chi connectivity index (χ0) is 20.1. The summed E-state index contributed by atoms with van der Waals surface area (Å²) in [5.74, 6) is -0.634. The molecule has 0 spiro atoms. The van der Waals surface area contributed by atoms with Crippen LogP contribution in [0.2, 0.25) is 0 Å². The molecule has 0 unspecified atom stereocenters. The van der Waals surface area contributed by atoms with E-state index in [1.54, 1.807) is 35.6 Å². The van der Waals surface area contributed by atoms with Crippen molar-refractivity contribution in [1.29, 1.82) is 0 Å². The number of amides is 1. The smallest absolute Gasteiger partial charge is 0.244 e. The van der Waals surface area contributed by atoms with Crippen LogP contribution in [0.5, 0.6) is 0 Å². The minimum absolute atomic E-state index is 0.179. The number of thiophene rings is 1. The summed E-state index contributed by atoms with van der Waals surface area (Å²) in [6, 6.07) is 10.7. The Balaban J connectivity index is 1.68. The fraction of sp³-hybridized carbons (Fsp3) is 0.400. The van der Waals surface area contributed by atoms with Gasteiger partial charge in [0.05, 0.1) is 21.4 Å². The second-order valence-corrected chi connectivity index (χ2v) is 9.77. The largest absolute Gasteiger partial charge is 0.273 e. The van der Waals surface area contributed by atoms with E-state index in [1.807, 2.05) is 31.4 Å². The van der Waals surface area contributed by atoms with Gasteiger partial charge in [-0.2, -0.15) is 9.41 Å². The van der Waals surface area contributed by atoms with Crippen LogP contribution in [-0.4, -0.2) is 37.4 Å². The molecule has 0 aliphatic carbocycles. The van der Waals surface area contributed by atoms with Crippen LogP contribution in [0.25, 0.3) is 0 Å². The van der Waals surface area contributed by atoms with E-state index in [0.29, 0.717) is 25.8 Å². The lowest BCUT2D eigenvalue weighted by Crippen LogP contribution is -2.44. The van der Waals surface area contributed by atoms with Crippen molar-refractivity contribution in [2.24, 2.45) is 11.0 Å². The first-order valence-corrected chi connectivity index (χ1v) is 11.7. The van der Waals surface area contributed by atoms with Crippen LogP contribution in [-0.2, 0) is 14.8 Å². The molecule has 2 heterocycles. The topological polar surface area (TPSA) is 78.8 Å². The van der Waals surface area contributed by atoms with Gasteiger partial charge < -0.3 is 0 Å². The number of sulfonamides is 1. The molecule has 0 radical (unpaired) electrons. The van der Waals surface area contributed by atoms with Crippen molar-refractivity contribution in [3.05, 3.63) is 52.2 Å². The number of hydrogen-bond acceptors (Lipinski definition) is 5. The summed E-state index contributed by atoms with van der Waals surface area (Å²) in [6.45, 7) is 4.51. The summed E-state index contributed by atoms with van der Waals surface area (Å²) in [7, 11) is -3.60. The Labute approximate surface area is 170 Å². The Morgan fingerprint density at radius 3 is 2.68 bits per heavy atom. The highest BCUT2D eigenvalue weighted by molar-refractivity contribution is 7.89. The number of hydrazone groups is 1. The van der Waals surface area contributed by atoms with Gasteiger partial charge in [-0.1, -0.05) is 30.7 Å². The number of hydrogen-bond donors (Lipinski definition) is 1. The van der Waals surface area contributed by atoms with E-state index >= 15 is 0 Å². The van der Waals surface area contributed by atoms with Crippen molar-refractivity contribution in [2.45, 2.75) is 38.0 Å². The highest BCUT2D eigenvalue weighted by Gasteiger charge is 2.33. The average molecular weight is 420 g/mol. The SMILES string of the molecule is CC/C(=N/NC(=O)[C@H]1CCCN(S(=O)(=O)c2ccc(C)cc2)C1)c1cccs1. The standard InChI is InChI=1S/C20H25N3O3S2/c1-3-18(19-7-5-13-27-19)21-22-20(24)16-6-4-12-23(14-16)28(25,26)17-10-8-15(2)9-11-17/h5,7-11,13,16H,3-4,6,12,14H2,1-2H3,(H,22,24)/b21-18-/t16-/m0/s1. The lowest BCUT2D eigenvalue weighted by Gasteiger charge is -2.30. The van der Waals surface area contributed by atoms with Gasteiger partial charge in [0, 0.05) is 13.1 Å². The average Bonchev–Trinajstić information content (AvgIpc) is 3.23. The van der Waals surface area contributed by atoms with Gasteiger partial charge >= 0.3 is 0 Å². The molecule has 1 aromatic heterocycles. The first-order valence-electron chi connectivity index (χ1n) is 9.39. The van der Waals surface area contributed by atoms with Gasteiger partial charge in [-0.15, -0.1) is 11.3 Å². The molecular weight excluding hydrogens is 394 g/mol. The van der Waals surface area contributed by atoms with Crippen LogP contribution in [0, 0.1) is 12.8 Å². The Morgan fingerprint density at radius 1 is 1.29 bits per heavy atom. The molecule has 3 rings (SSSR count). The molecule has 1 aliphatic heterocycles. The van der Waals surface area contributed by atoms with Gasteiger partial charge in [-0.05, 0) is 49.8 Å². The first kappa shape index (κ1) is 20.7. The number of aryl methyl sites for hydroxylation is 1. The van der Waals surface area contributed by atoms with E-state index in [0.717, 1.165) is 16.2 Å². The quantitative estimate of drug-likeness (QED) is 0.576. The Hall–Kier alpha value is -2.03. The molecule has 1 N–H and O–H groups in total. The second-order valence-electron chi connectivity index (χ2n) is 6.88. The molecule has 1 saturated heterocycles. The molecule has 8 heteroatoms. The maximum absolute atomic E-state index is 12.9. The highest BCUT2D eigenvalue weighted by Crippen LogP contribution is 2.24. The van der Waals surface area contributed by atoms with Crippen molar-refractivity contribution in [2.75, 3.05) is 13.1 Å². The number of rotatable bonds is 6. The molecule has 1 atom stereocenters. The van der Waals surface area contributed by atoms with Gasteiger partial charge in [0.1, 0.15) is 0 Å². The van der Waals surface area contributed by atoms with Crippen LogP contribution >= 0.6 is 11.3 Å². The molecule has 0 saturated carbocycles. The van der Waals surface area contributed by atoms with Crippen LogP contribution in [0.1, 0.15) is 36.6 Å². The number of benzene rings is 1. The summed E-state index contributed by atoms with van der Waals surface area (Å²) in [6.07, 6.45) is 2.01. The van der Waals surface area contributed by atoms with Crippen molar-refractivity contribution in [3.63, 3.8) is 0 Å². The minimum atomic E-state index is -3.60. The third-order valence-corrected chi connectivity index (χ3v) is 7.65. The fourth-order valence-electron chi connectivity index (χ4n) is 3.20. The van der Waals surface area contributed by atoms with Crippen LogP contribution in [0.4, 0.5) is 0 Å². The van der Waals surface area contributed by atoms with E-state index in [4.69, 9.17) is 0 Å². The van der Waals surface area contributed by atoms with Gasteiger partial charge in [-0.25, -0.2) is 13.8 Å².